The highest BCUT2D eigenvalue weighted by Crippen LogP contribution is 2.38. The van der Waals surface area contributed by atoms with Gasteiger partial charge in [0.15, 0.2) is 0 Å². The highest BCUT2D eigenvalue weighted by Gasteiger charge is 2.20. The van der Waals surface area contributed by atoms with Gasteiger partial charge in [0.2, 0.25) is 0 Å². The number of phosphoric acid groups is 1. The normalized spacial score (nSPS) is 14.9. The minimum Gasteiger partial charge on any atom is -0.756 e. The Labute approximate surface area is 331 Å². The van der Waals surface area contributed by atoms with Crippen LogP contribution in [0.4, 0.5) is 0 Å². The molecule has 3 unspecified atom stereocenters. The van der Waals surface area contributed by atoms with Gasteiger partial charge in [0.25, 0.3) is 7.82 Å². The van der Waals surface area contributed by atoms with Gasteiger partial charge in [0.1, 0.15) is 19.3 Å². The van der Waals surface area contributed by atoms with Crippen LogP contribution >= 0.6 is 7.82 Å². The van der Waals surface area contributed by atoms with Gasteiger partial charge in [-0.2, -0.15) is 0 Å². The van der Waals surface area contributed by atoms with Gasteiger partial charge in [0, 0.05) is 13.0 Å². The lowest BCUT2D eigenvalue weighted by Crippen LogP contribution is -2.37. The van der Waals surface area contributed by atoms with E-state index in [1.807, 2.05) is 39.4 Å². The number of phosphoric ester groups is 1. The Balaban J connectivity index is 4.46. The summed E-state index contributed by atoms with van der Waals surface area (Å²) in [5.74, 6) is -0.492. The average molecular weight is 784 g/mol. The molecule has 0 radical (unpaired) electrons. The summed E-state index contributed by atoms with van der Waals surface area (Å²) in [6.45, 7) is 5.11. The first-order valence-corrected chi connectivity index (χ1v) is 22.9. The minimum atomic E-state index is -4.58. The first-order valence-electron chi connectivity index (χ1n) is 21.5. The summed E-state index contributed by atoms with van der Waals surface area (Å²) < 4.78 is 34.4. The van der Waals surface area contributed by atoms with Crippen molar-refractivity contribution >= 4 is 13.8 Å². The molecule has 0 fully saturated rings. The summed E-state index contributed by atoms with van der Waals surface area (Å²) in [5.41, 5.74) is 0. The minimum absolute atomic E-state index is 0.00884. The maximum Gasteiger partial charge on any atom is 0.306 e. The summed E-state index contributed by atoms with van der Waals surface area (Å²) in [4.78, 5) is 25.0. The second-order valence-electron chi connectivity index (χ2n) is 15.6. The largest absolute Gasteiger partial charge is 0.756 e. The van der Waals surface area contributed by atoms with E-state index < -0.39 is 26.0 Å². The number of hydrogen-bond acceptors (Lipinski definition) is 8. The second-order valence-corrected chi connectivity index (χ2v) is 17.0. The summed E-state index contributed by atoms with van der Waals surface area (Å²) in [6.07, 6.45) is 40.1. The molecule has 0 aromatic carbocycles. The van der Waals surface area contributed by atoms with E-state index in [2.05, 4.69) is 38.2 Å². The molecule has 9 nitrogen and oxygen atoms in total. The molecule has 0 aromatic heterocycles. The number of carbonyl (C=O) groups excluding carboxylic acids is 1. The van der Waals surface area contributed by atoms with E-state index in [4.69, 9.17) is 18.5 Å². The highest BCUT2D eigenvalue weighted by atomic mass is 31.2. The molecule has 1 N–H and O–H groups in total. The lowest BCUT2D eigenvalue weighted by atomic mass is 10.0. The summed E-state index contributed by atoms with van der Waals surface area (Å²) in [5, 5.41) is 10.3. The third-order valence-electron chi connectivity index (χ3n) is 8.99. The van der Waals surface area contributed by atoms with Crippen molar-refractivity contribution in [1.82, 2.24) is 0 Å². The number of rotatable bonds is 39. The third kappa shape index (κ3) is 40.1. The zero-order chi connectivity index (χ0) is 40.0. The van der Waals surface area contributed by atoms with Gasteiger partial charge >= 0.3 is 5.97 Å². The average Bonchev–Trinajstić information content (AvgIpc) is 3.11. The van der Waals surface area contributed by atoms with Gasteiger partial charge in [-0.1, -0.05) is 159 Å². The maximum absolute atomic E-state index is 12.7. The van der Waals surface area contributed by atoms with Crippen LogP contribution < -0.4 is 4.89 Å². The third-order valence-corrected chi connectivity index (χ3v) is 9.95. The van der Waals surface area contributed by atoms with E-state index in [1.165, 1.54) is 89.9 Å². The standard InChI is InChI=1S/C44H82NO8P/c1-6-8-10-12-14-16-18-20-22-24-26-28-30-32-38-50-40-43(41-52-54(48,49)51-39-37-45(3,4)5)53-44(47)36-33-35-42(46)34-31-29-27-25-23-21-19-17-15-13-11-9-7-2/h15,17,21,23,27,29,31,34,42-43,46H,6-14,16,18-20,22,24-26,28,30,32-33,35-41H2,1-5H3/b17-15+,23-21+,29-27+,34-31+. The van der Waals surface area contributed by atoms with Gasteiger partial charge in [-0.3, -0.25) is 9.36 Å². The van der Waals surface area contributed by atoms with Crippen molar-refractivity contribution < 1.29 is 42.4 Å². The van der Waals surface area contributed by atoms with Crippen LogP contribution in [0.25, 0.3) is 0 Å². The van der Waals surface area contributed by atoms with E-state index >= 15 is 0 Å². The van der Waals surface area contributed by atoms with Gasteiger partial charge in [-0.25, -0.2) is 0 Å². The lowest BCUT2D eigenvalue weighted by molar-refractivity contribution is -0.870. The number of carbonyl (C=O) groups is 1. The van der Waals surface area contributed by atoms with Crippen molar-refractivity contribution in [2.75, 3.05) is 54.1 Å². The van der Waals surface area contributed by atoms with E-state index in [9.17, 15) is 19.4 Å². The lowest BCUT2D eigenvalue weighted by Gasteiger charge is -2.28. The Kier molecular flexibility index (Phi) is 35.9. The SMILES string of the molecule is CCCCC/C=C/C/C=C/C/C=C/C=C/C(O)CCCC(=O)OC(COCCCCCCCCCCCCCCCC)COP(=O)([O-])OCC[N+](C)(C)C. The fraction of sp³-hybridized carbons (Fsp3) is 0.795. The Bertz CT molecular complexity index is 1020. The fourth-order valence-electron chi connectivity index (χ4n) is 5.59. The molecule has 3 atom stereocenters. The van der Waals surface area contributed by atoms with Crippen LogP contribution in [0.2, 0.25) is 0 Å². The first-order chi connectivity index (χ1) is 26.0. The van der Waals surface area contributed by atoms with Crippen LogP contribution in [0.5, 0.6) is 0 Å². The smallest absolute Gasteiger partial charge is 0.306 e. The predicted octanol–water partition coefficient (Wildman–Crippen LogP) is 10.7. The molecular weight excluding hydrogens is 701 g/mol. The van der Waals surface area contributed by atoms with Crippen LogP contribution in [0.1, 0.15) is 162 Å². The van der Waals surface area contributed by atoms with Gasteiger partial charge < -0.3 is 33.0 Å². The van der Waals surface area contributed by atoms with Gasteiger partial charge in [0.05, 0.1) is 40.5 Å². The Hall–Kier alpha value is -1.58. The van der Waals surface area contributed by atoms with Crippen molar-refractivity contribution in [2.24, 2.45) is 0 Å². The molecule has 10 heteroatoms. The second kappa shape index (κ2) is 37.0. The number of esters is 1. The van der Waals surface area contributed by atoms with Crippen molar-refractivity contribution in [3.63, 3.8) is 0 Å². The predicted molar refractivity (Wildman–Crippen MR) is 223 cm³/mol. The van der Waals surface area contributed by atoms with Crippen LogP contribution in [0, 0.1) is 0 Å². The van der Waals surface area contributed by atoms with Crippen molar-refractivity contribution in [3.05, 3.63) is 48.6 Å². The number of nitrogens with zero attached hydrogens (tertiary/aromatic N) is 1. The Morgan fingerprint density at radius 1 is 0.685 bits per heavy atom. The molecule has 0 aromatic rings. The van der Waals surface area contributed by atoms with Crippen molar-refractivity contribution in [3.8, 4) is 0 Å². The highest BCUT2D eigenvalue weighted by molar-refractivity contribution is 7.45. The molecule has 316 valence electrons. The Morgan fingerprint density at radius 3 is 1.85 bits per heavy atom. The molecule has 0 aliphatic carbocycles. The number of hydrogen-bond donors (Lipinski definition) is 1. The van der Waals surface area contributed by atoms with Crippen molar-refractivity contribution in [1.29, 1.82) is 0 Å². The summed E-state index contributed by atoms with van der Waals surface area (Å²) in [6, 6.07) is 0. The van der Waals surface area contributed by atoms with Crippen LogP contribution in [-0.2, 0) is 27.9 Å². The number of ether oxygens (including phenoxy) is 2. The molecule has 0 saturated heterocycles. The monoisotopic (exact) mass is 784 g/mol. The summed E-state index contributed by atoms with van der Waals surface area (Å²) in [7, 11) is 1.24. The molecule has 0 bridgehead atoms. The van der Waals surface area contributed by atoms with Gasteiger partial charge in [-0.15, -0.1) is 0 Å². The maximum atomic E-state index is 12.7. The molecule has 0 spiro atoms. The molecule has 0 heterocycles. The van der Waals surface area contributed by atoms with Gasteiger partial charge in [-0.05, 0) is 44.9 Å². The molecule has 0 aliphatic heterocycles. The Morgan fingerprint density at radius 2 is 1.24 bits per heavy atom. The number of allylic oxidation sites excluding steroid dienone is 7. The first kappa shape index (κ1) is 52.4. The van der Waals surface area contributed by atoms with Crippen LogP contribution in [0.15, 0.2) is 48.6 Å². The molecule has 0 aliphatic rings. The molecule has 0 saturated carbocycles. The molecule has 0 amide bonds. The quantitative estimate of drug-likeness (QED) is 0.0164. The number of aliphatic hydroxyl groups excluding tert-OH is 1. The molecule has 0 rings (SSSR count). The van der Waals surface area contributed by atoms with E-state index in [0.29, 0.717) is 30.5 Å². The van der Waals surface area contributed by atoms with Crippen LogP contribution in [-0.4, -0.2) is 81.9 Å². The van der Waals surface area contributed by atoms with E-state index in [-0.39, 0.29) is 26.2 Å². The number of unbranched alkanes of at least 4 members (excludes halogenated alkanes) is 16. The zero-order valence-corrected chi connectivity index (χ0v) is 36.2. The number of quaternary nitrogens is 1. The van der Waals surface area contributed by atoms with E-state index in [1.54, 1.807) is 6.08 Å². The topological polar surface area (TPSA) is 114 Å². The zero-order valence-electron chi connectivity index (χ0n) is 35.3. The van der Waals surface area contributed by atoms with Crippen LogP contribution in [0.3, 0.4) is 0 Å². The number of aliphatic hydroxyl groups is 1. The molecule has 54 heavy (non-hydrogen) atoms. The van der Waals surface area contributed by atoms with E-state index in [0.717, 1.165) is 38.5 Å². The molecular formula is C44H82NO8P. The summed E-state index contributed by atoms with van der Waals surface area (Å²) >= 11 is 0. The van der Waals surface area contributed by atoms with Crippen molar-refractivity contribution in [2.45, 2.75) is 174 Å². The fourth-order valence-corrected chi connectivity index (χ4v) is 6.32. The number of likely N-dealkylation sites (N-methyl/N-ethyl adjacent to an activating group) is 1.